The van der Waals surface area contributed by atoms with Crippen LogP contribution >= 0.6 is 0 Å². The first-order valence-corrected chi connectivity index (χ1v) is 4.82. The third kappa shape index (κ3) is 1.92. The van der Waals surface area contributed by atoms with Crippen LogP contribution in [0.3, 0.4) is 0 Å². The zero-order valence-electron chi connectivity index (χ0n) is 7.99. The Morgan fingerprint density at radius 2 is 2.54 bits per heavy atom. The lowest BCUT2D eigenvalue weighted by atomic mass is 10.2. The minimum absolute atomic E-state index is 0.400. The summed E-state index contributed by atoms with van der Waals surface area (Å²) in [6, 6.07) is 4.40. The molecule has 1 saturated heterocycles. The molecule has 0 radical (unpaired) electrons. The number of hydrogen-bond donors (Lipinski definition) is 1. The molecule has 1 atom stereocenters. The monoisotopic (exact) mass is 180 g/mol. The van der Waals surface area contributed by atoms with E-state index in [4.69, 9.17) is 4.42 Å². The van der Waals surface area contributed by atoms with Crippen molar-refractivity contribution in [2.45, 2.75) is 12.5 Å². The van der Waals surface area contributed by atoms with Crippen molar-refractivity contribution in [1.29, 1.82) is 0 Å². The number of likely N-dealkylation sites (N-methyl/N-ethyl adjacent to an activating group) is 1. The molecule has 1 aliphatic heterocycles. The van der Waals surface area contributed by atoms with E-state index in [1.165, 1.54) is 6.42 Å². The van der Waals surface area contributed by atoms with Crippen LogP contribution in [0.25, 0.3) is 0 Å². The van der Waals surface area contributed by atoms with Crippen molar-refractivity contribution in [3.63, 3.8) is 0 Å². The van der Waals surface area contributed by atoms with Crippen molar-refractivity contribution in [1.82, 2.24) is 10.2 Å². The van der Waals surface area contributed by atoms with Crippen LogP contribution in [0.4, 0.5) is 0 Å². The van der Waals surface area contributed by atoms with Gasteiger partial charge in [0.2, 0.25) is 0 Å². The van der Waals surface area contributed by atoms with E-state index in [0.717, 1.165) is 25.4 Å². The summed E-state index contributed by atoms with van der Waals surface area (Å²) in [6.07, 6.45) is 2.96. The third-order valence-electron chi connectivity index (χ3n) is 2.61. The molecule has 2 heterocycles. The molecule has 1 fully saturated rings. The van der Waals surface area contributed by atoms with Gasteiger partial charge in [-0.15, -0.1) is 0 Å². The van der Waals surface area contributed by atoms with E-state index in [9.17, 15) is 0 Å². The third-order valence-corrected chi connectivity index (χ3v) is 2.61. The van der Waals surface area contributed by atoms with Crippen molar-refractivity contribution in [3.8, 4) is 0 Å². The number of nitrogens with one attached hydrogen (secondary N) is 1. The maximum absolute atomic E-state index is 5.42. The van der Waals surface area contributed by atoms with Gasteiger partial charge in [0.25, 0.3) is 0 Å². The Morgan fingerprint density at radius 1 is 1.62 bits per heavy atom. The highest BCUT2D eigenvalue weighted by Gasteiger charge is 2.20. The molecule has 0 aliphatic carbocycles. The first-order chi connectivity index (χ1) is 6.38. The minimum atomic E-state index is 0.400. The molecule has 0 spiro atoms. The Balaban J connectivity index is 2.11. The number of furan rings is 1. The van der Waals surface area contributed by atoms with Crippen LogP contribution < -0.4 is 5.32 Å². The number of hydrogen-bond acceptors (Lipinski definition) is 3. The lowest BCUT2D eigenvalue weighted by Crippen LogP contribution is -2.29. The van der Waals surface area contributed by atoms with Crippen molar-refractivity contribution in [2.24, 2.45) is 0 Å². The summed E-state index contributed by atoms with van der Waals surface area (Å²) in [5.41, 5.74) is 0. The maximum Gasteiger partial charge on any atom is 0.122 e. The van der Waals surface area contributed by atoms with Crippen LogP contribution in [0.2, 0.25) is 0 Å². The quantitative estimate of drug-likeness (QED) is 0.705. The highest BCUT2D eigenvalue weighted by molar-refractivity contribution is 5.05. The van der Waals surface area contributed by atoms with E-state index in [-0.39, 0.29) is 0 Å². The molecule has 0 saturated carbocycles. The normalized spacial score (nSPS) is 25.8. The summed E-state index contributed by atoms with van der Waals surface area (Å²) in [5, 5.41) is 3.41. The molecule has 0 aromatic carbocycles. The molecular formula is C10H16N2O. The van der Waals surface area contributed by atoms with Gasteiger partial charge in [-0.3, -0.25) is 4.90 Å². The molecule has 3 heteroatoms. The van der Waals surface area contributed by atoms with E-state index in [2.05, 4.69) is 17.3 Å². The molecule has 1 aromatic heterocycles. The van der Waals surface area contributed by atoms with Gasteiger partial charge in [0.05, 0.1) is 12.3 Å². The summed E-state index contributed by atoms with van der Waals surface area (Å²) in [6.45, 7) is 3.24. The lowest BCUT2D eigenvalue weighted by molar-refractivity contribution is 0.229. The van der Waals surface area contributed by atoms with Crippen molar-refractivity contribution in [3.05, 3.63) is 24.2 Å². The SMILES string of the molecule is CN1CCCNCC1c1ccco1. The van der Waals surface area contributed by atoms with Crippen LogP contribution in [-0.2, 0) is 0 Å². The Bertz CT molecular complexity index is 245. The molecule has 3 nitrogen and oxygen atoms in total. The average molecular weight is 180 g/mol. The summed E-state index contributed by atoms with van der Waals surface area (Å²) in [7, 11) is 2.15. The molecule has 1 aliphatic rings. The molecular weight excluding hydrogens is 164 g/mol. The van der Waals surface area contributed by atoms with Gasteiger partial charge in [0, 0.05) is 6.54 Å². The standard InChI is InChI=1S/C10H16N2O/c1-12-6-3-5-11-8-9(12)10-4-2-7-13-10/h2,4,7,9,11H,3,5-6,8H2,1H3. The van der Waals surface area contributed by atoms with E-state index in [0.29, 0.717) is 6.04 Å². The zero-order chi connectivity index (χ0) is 9.10. The second-order valence-electron chi connectivity index (χ2n) is 3.57. The smallest absolute Gasteiger partial charge is 0.122 e. The van der Waals surface area contributed by atoms with E-state index in [1.807, 2.05) is 12.1 Å². The van der Waals surface area contributed by atoms with Crippen LogP contribution in [0.15, 0.2) is 22.8 Å². The van der Waals surface area contributed by atoms with Crippen LogP contribution in [0.1, 0.15) is 18.2 Å². The van der Waals surface area contributed by atoms with Crippen molar-refractivity contribution >= 4 is 0 Å². The van der Waals surface area contributed by atoms with Gasteiger partial charge in [0.15, 0.2) is 0 Å². The van der Waals surface area contributed by atoms with Crippen molar-refractivity contribution < 1.29 is 4.42 Å². The van der Waals surface area contributed by atoms with E-state index >= 15 is 0 Å². The first kappa shape index (κ1) is 8.78. The molecule has 13 heavy (non-hydrogen) atoms. The highest BCUT2D eigenvalue weighted by atomic mass is 16.3. The Labute approximate surface area is 78.7 Å². The molecule has 1 N–H and O–H groups in total. The Hall–Kier alpha value is -0.800. The van der Waals surface area contributed by atoms with Crippen molar-refractivity contribution in [2.75, 3.05) is 26.7 Å². The Morgan fingerprint density at radius 3 is 3.31 bits per heavy atom. The average Bonchev–Trinajstić information content (AvgIpc) is 2.56. The van der Waals surface area contributed by atoms with Crippen LogP contribution in [-0.4, -0.2) is 31.6 Å². The minimum Gasteiger partial charge on any atom is -0.468 e. The second-order valence-corrected chi connectivity index (χ2v) is 3.57. The van der Waals surface area contributed by atoms with Gasteiger partial charge in [-0.1, -0.05) is 0 Å². The highest BCUT2D eigenvalue weighted by Crippen LogP contribution is 2.20. The molecule has 1 unspecified atom stereocenters. The predicted molar refractivity (Wildman–Crippen MR) is 51.6 cm³/mol. The van der Waals surface area contributed by atoms with Gasteiger partial charge < -0.3 is 9.73 Å². The topological polar surface area (TPSA) is 28.4 Å². The predicted octanol–water partition coefficient (Wildman–Crippen LogP) is 1.25. The van der Waals surface area contributed by atoms with E-state index < -0.39 is 0 Å². The fourth-order valence-electron chi connectivity index (χ4n) is 1.80. The fourth-order valence-corrected chi connectivity index (χ4v) is 1.80. The van der Waals surface area contributed by atoms with Crippen LogP contribution in [0.5, 0.6) is 0 Å². The summed E-state index contributed by atoms with van der Waals surface area (Å²) < 4.78 is 5.42. The number of nitrogens with zero attached hydrogens (tertiary/aromatic N) is 1. The number of rotatable bonds is 1. The zero-order valence-corrected chi connectivity index (χ0v) is 7.99. The van der Waals surface area contributed by atoms with Gasteiger partial charge in [-0.2, -0.15) is 0 Å². The molecule has 1 aromatic rings. The Kier molecular flexibility index (Phi) is 2.66. The van der Waals surface area contributed by atoms with Gasteiger partial charge in [-0.25, -0.2) is 0 Å². The fraction of sp³-hybridized carbons (Fsp3) is 0.600. The largest absolute Gasteiger partial charge is 0.468 e. The van der Waals surface area contributed by atoms with Gasteiger partial charge in [0.1, 0.15) is 5.76 Å². The summed E-state index contributed by atoms with van der Waals surface area (Å²) in [5.74, 6) is 1.07. The lowest BCUT2D eigenvalue weighted by Gasteiger charge is -2.23. The van der Waals surface area contributed by atoms with Gasteiger partial charge >= 0.3 is 0 Å². The molecule has 0 amide bonds. The van der Waals surface area contributed by atoms with Crippen LogP contribution in [0, 0.1) is 0 Å². The molecule has 0 bridgehead atoms. The maximum atomic E-state index is 5.42. The molecule has 2 rings (SSSR count). The van der Waals surface area contributed by atoms with Gasteiger partial charge in [-0.05, 0) is 38.7 Å². The molecule has 72 valence electrons. The first-order valence-electron chi connectivity index (χ1n) is 4.82. The summed E-state index contributed by atoms with van der Waals surface area (Å²) in [4.78, 5) is 2.35. The van der Waals surface area contributed by atoms with E-state index in [1.54, 1.807) is 6.26 Å². The second kappa shape index (κ2) is 3.94. The summed E-state index contributed by atoms with van der Waals surface area (Å²) >= 11 is 0.